The fraction of sp³-hybridized carbons (Fsp3) is 0.300. The summed E-state index contributed by atoms with van der Waals surface area (Å²) in [7, 11) is 0. The molecule has 0 fully saturated rings. The Labute approximate surface area is 187 Å². The summed E-state index contributed by atoms with van der Waals surface area (Å²) in [4.78, 5) is 25.7. The normalized spacial score (nSPS) is 10.8. The maximum Gasteiger partial charge on any atom is 0.341 e. The molecule has 0 atom stereocenters. The van der Waals surface area contributed by atoms with Crippen LogP contribution in [0.1, 0.15) is 34.6 Å². The molecule has 0 saturated carbocycles. The lowest BCUT2D eigenvalue weighted by atomic mass is 10.2. The van der Waals surface area contributed by atoms with Crippen LogP contribution in [0, 0.1) is 6.92 Å². The van der Waals surface area contributed by atoms with Gasteiger partial charge in [0.2, 0.25) is 5.91 Å². The van der Waals surface area contributed by atoms with Gasteiger partial charge >= 0.3 is 5.97 Å². The van der Waals surface area contributed by atoms with E-state index in [1.165, 1.54) is 23.1 Å². The third-order valence-electron chi connectivity index (χ3n) is 4.16. The summed E-state index contributed by atoms with van der Waals surface area (Å²) in [6.45, 7) is 5.94. The summed E-state index contributed by atoms with van der Waals surface area (Å²) >= 11 is 8.84. The lowest BCUT2D eigenvalue weighted by Gasteiger charge is -2.08. The van der Waals surface area contributed by atoms with Crippen molar-refractivity contribution in [2.45, 2.75) is 32.3 Å². The molecule has 1 amide bonds. The number of ether oxygens (including phenoxy) is 1. The molecule has 7 nitrogen and oxygen atoms in total. The maximum absolute atomic E-state index is 12.5. The summed E-state index contributed by atoms with van der Waals surface area (Å²) in [5, 5.41) is 12.6. The van der Waals surface area contributed by atoms with Crippen molar-refractivity contribution in [2.75, 3.05) is 17.7 Å². The van der Waals surface area contributed by atoms with Crippen LogP contribution in [0.15, 0.2) is 35.7 Å². The molecular weight excluding hydrogens is 444 g/mol. The molecule has 158 valence electrons. The van der Waals surface area contributed by atoms with E-state index in [0.717, 1.165) is 22.5 Å². The second kappa shape index (κ2) is 10.1. The summed E-state index contributed by atoms with van der Waals surface area (Å²) in [5.74, 6) is -0.571. The van der Waals surface area contributed by atoms with Gasteiger partial charge in [-0.05, 0) is 44.0 Å². The number of halogens is 1. The molecule has 3 rings (SSSR count). The lowest BCUT2D eigenvalue weighted by molar-refractivity contribution is -0.113. The highest BCUT2D eigenvalue weighted by atomic mass is 35.5. The number of aromatic nitrogens is 3. The number of rotatable bonds is 8. The summed E-state index contributed by atoms with van der Waals surface area (Å²) in [6.07, 6.45) is 2.34. The summed E-state index contributed by atoms with van der Waals surface area (Å²) in [5.41, 5.74) is 2.17. The molecule has 0 aliphatic rings. The fourth-order valence-corrected chi connectivity index (χ4v) is 4.50. The van der Waals surface area contributed by atoms with Gasteiger partial charge < -0.3 is 10.1 Å². The maximum atomic E-state index is 12.5. The number of thiophene rings is 1. The van der Waals surface area contributed by atoms with Crippen molar-refractivity contribution in [1.82, 2.24) is 14.8 Å². The molecule has 0 aliphatic heterocycles. The average molecular weight is 465 g/mol. The number of benzene rings is 1. The second-order valence-corrected chi connectivity index (χ2v) is 8.77. The summed E-state index contributed by atoms with van der Waals surface area (Å²) < 4.78 is 6.86. The first kappa shape index (κ1) is 22.3. The Hall–Kier alpha value is -2.36. The van der Waals surface area contributed by atoms with E-state index in [-0.39, 0.29) is 18.3 Å². The number of esters is 1. The van der Waals surface area contributed by atoms with E-state index in [1.54, 1.807) is 23.9 Å². The molecule has 10 heteroatoms. The van der Waals surface area contributed by atoms with Crippen LogP contribution < -0.4 is 5.32 Å². The largest absolute Gasteiger partial charge is 0.462 e. The minimum Gasteiger partial charge on any atom is -0.462 e. The fourth-order valence-electron chi connectivity index (χ4n) is 2.59. The van der Waals surface area contributed by atoms with Gasteiger partial charge in [-0.15, -0.1) is 21.5 Å². The minimum absolute atomic E-state index is 0.111. The molecule has 0 bridgehead atoms. The molecule has 3 aromatic rings. The van der Waals surface area contributed by atoms with Crippen LogP contribution >= 0.6 is 34.7 Å². The third kappa shape index (κ3) is 5.21. The van der Waals surface area contributed by atoms with Crippen LogP contribution in [0.4, 0.5) is 5.00 Å². The molecule has 0 spiro atoms. The van der Waals surface area contributed by atoms with E-state index in [2.05, 4.69) is 15.5 Å². The number of carbonyl (C=O) groups excluding carboxylic acids is 2. The first-order valence-corrected chi connectivity index (χ1v) is 11.5. The van der Waals surface area contributed by atoms with Crippen molar-refractivity contribution < 1.29 is 14.3 Å². The number of amides is 1. The zero-order chi connectivity index (χ0) is 21.7. The average Bonchev–Trinajstić information content (AvgIpc) is 3.35. The van der Waals surface area contributed by atoms with Gasteiger partial charge in [-0.2, -0.15) is 0 Å². The number of hydrogen-bond acceptors (Lipinski definition) is 7. The molecule has 0 radical (unpaired) electrons. The van der Waals surface area contributed by atoms with Gasteiger partial charge in [0.25, 0.3) is 0 Å². The topological polar surface area (TPSA) is 86.1 Å². The number of carbonyl (C=O) groups is 2. The molecular formula is C20H21ClN4O3S2. The highest BCUT2D eigenvalue weighted by molar-refractivity contribution is 7.99. The number of thioether (sulfide) groups is 1. The zero-order valence-corrected chi connectivity index (χ0v) is 19.2. The van der Waals surface area contributed by atoms with Crippen LogP contribution in [0.2, 0.25) is 5.02 Å². The van der Waals surface area contributed by atoms with Crippen molar-refractivity contribution in [3.05, 3.63) is 51.6 Å². The predicted octanol–water partition coefficient (Wildman–Crippen LogP) is 4.76. The van der Waals surface area contributed by atoms with Crippen LogP contribution in [-0.2, 0) is 16.0 Å². The van der Waals surface area contributed by atoms with Crippen LogP contribution in [0.5, 0.6) is 0 Å². The molecule has 0 unspecified atom stereocenters. The van der Waals surface area contributed by atoms with Gasteiger partial charge in [0, 0.05) is 9.90 Å². The first-order valence-electron chi connectivity index (χ1n) is 9.32. The molecule has 0 aliphatic carbocycles. The van der Waals surface area contributed by atoms with Crippen LogP contribution in [0.3, 0.4) is 0 Å². The highest BCUT2D eigenvalue weighted by Crippen LogP contribution is 2.30. The van der Waals surface area contributed by atoms with Gasteiger partial charge in [0.05, 0.1) is 23.6 Å². The Morgan fingerprint density at radius 2 is 2.10 bits per heavy atom. The highest BCUT2D eigenvalue weighted by Gasteiger charge is 2.19. The smallest absolute Gasteiger partial charge is 0.341 e. The number of hydrogen-bond donors (Lipinski definition) is 1. The SMILES string of the molecule is CCOC(=O)c1cc(CC)sc1NC(=O)CSc1nncn1-c1ccc(C)c(Cl)c1. The zero-order valence-electron chi connectivity index (χ0n) is 16.8. The van der Waals surface area contributed by atoms with Crippen molar-refractivity contribution in [2.24, 2.45) is 0 Å². The van der Waals surface area contributed by atoms with Crippen LogP contribution in [0.25, 0.3) is 5.69 Å². The molecule has 1 aromatic carbocycles. The molecule has 1 N–H and O–H groups in total. The standard InChI is InChI=1S/C20H21ClN4O3S2/c1-4-14-9-15(19(27)28-5-2)18(30-14)23-17(26)10-29-20-24-22-11-25(20)13-7-6-12(3)16(21)8-13/h6-9,11H,4-5,10H2,1-3H3,(H,23,26). The van der Waals surface area contributed by atoms with Gasteiger partial charge in [-0.1, -0.05) is 36.4 Å². The first-order chi connectivity index (χ1) is 14.4. The summed E-state index contributed by atoms with van der Waals surface area (Å²) in [6, 6.07) is 7.42. The van der Waals surface area contributed by atoms with Gasteiger partial charge in [0.1, 0.15) is 11.3 Å². The quantitative estimate of drug-likeness (QED) is 0.382. The van der Waals surface area contributed by atoms with E-state index in [9.17, 15) is 9.59 Å². The number of aryl methyl sites for hydroxylation is 2. The predicted molar refractivity (Wildman–Crippen MR) is 120 cm³/mol. The molecule has 30 heavy (non-hydrogen) atoms. The number of nitrogens with zero attached hydrogens (tertiary/aromatic N) is 3. The Kier molecular flexibility index (Phi) is 7.52. The number of anilines is 1. The Balaban J connectivity index is 1.69. The molecule has 2 aromatic heterocycles. The molecule has 2 heterocycles. The van der Waals surface area contributed by atoms with Crippen molar-refractivity contribution in [1.29, 1.82) is 0 Å². The lowest BCUT2D eigenvalue weighted by Crippen LogP contribution is -2.16. The second-order valence-electron chi connectivity index (χ2n) is 6.28. The molecule has 0 saturated heterocycles. The Morgan fingerprint density at radius 3 is 2.80 bits per heavy atom. The van der Waals surface area contributed by atoms with Crippen molar-refractivity contribution in [3.8, 4) is 5.69 Å². The Bertz CT molecular complexity index is 1060. The van der Waals surface area contributed by atoms with E-state index in [1.807, 2.05) is 32.0 Å². The van der Waals surface area contributed by atoms with Gasteiger partial charge in [0.15, 0.2) is 5.16 Å². The third-order valence-corrected chi connectivity index (χ3v) is 6.71. The van der Waals surface area contributed by atoms with E-state index in [0.29, 0.717) is 20.7 Å². The monoisotopic (exact) mass is 464 g/mol. The van der Waals surface area contributed by atoms with E-state index in [4.69, 9.17) is 16.3 Å². The van der Waals surface area contributed by atoms with Crippen LogP contribution in [-0.4, -0.2) is 39.0 Å². The minimum atomic E-state index is -0.438. The number of nitrogens with one attached hydrogen (secondary N) is 1. The van der Waals surface area contributed by atoms with Crippen molar-refractivity contribution >= 4 is 51.6 Å². The Morgan fingerprint density at radius 1 is 1.30 bits per heavy atom. The van der Waals surface area contributed by atoms with E-state index < -0.39 is 5.97 Å². The van der Waals surface area contributed by atoms with E-state index >= 15 is 0 Å². The van der Waals surface area contributed by atoms with Gasteiger partial charge in [-0.3, -0.25) is 9.36 Å². The van der Waals surface area contributed by atoms with Crippen molar-refractivity contribution in [3.63, 3.8) is 0 Å². The van der Waals surface area contributed by atoms with Gasteiger partial charge in [-0.25, -0.2) is 4.79 Å².